The number of aromatic nitrogens is 1. The molecule has 50 heavy (non-hydrogen) atoms. The van der Waals surface area contributed by atoms with Crippen LogP contribution in [0.1, 0.15) is 149 Å². The van der Waals surface area contributed by atoms with Gasteiger partial charge in [0.2, 0.25) is 5.89 Å². The molecule has 0 saturated carbocycles. The molecule has 268 valence electrons. The van der Waals surface area contributed by atoms with Crippen LogP contribution in [-0.2, 0) is 28.1 Å². The molecule has 2 aromatic heterocycles. The average Bonchev–Trinajstić information content (AvgIpc) is 3.31. The van der Waals surface area contributed by atoms with Crippen molar-refractivity contribution in [3.05, 3.63) is 87.8 Å². The second kappa shape index (κ2) is 12.2. The van der Waals surface area contributed by atoms with E-state index in [2.05, 4.69) is 152 Å². The molecule has 0 spiro atoms. The Labute approximate surface area is 300 Å². The standard InChI is InChI=1S/C44H58NO4P/c1-26-16-18-27(19-17-26)39-45-36-34(46-39)24-44(14,15)25-35(36)47-50-48-37-30(20-28(40(2,3)4)22-32(37)42(8,9)10)31-21-29(41(5,6)7)23-33(38(31)49-50)43(11,12)13/h16-23,35H,24-25H2,1-15H3/t35-/m0/s1. The maximum atomic E-state index is 7.11. The zero-order valence-electron chi connectivity index (χ0n) is 33.1. The van der Waals surface area contributed by atoms with Crippen molar-refractivity contribution in [1.82, 2.24) is 4.98 Å². The molecular formula is C44H58NO4P. The first-order valence-corrected chi connectivity index (χ1v) is 19.3. The number of hydrogen-bond acceptors (Lipinski definition) is 5. The Balaban J connectivity index is 1.68. The van der Waals surface area contributed by atoms with Gasteiger partial charge in [-0.1, -0.05) is 127 Å². The van der Waals surface area contributed by atoms with Crippen LogP contribution in [0.15, 0.2) is 61.3 Å². The third-order valence-corrected chi connectivity index (χ3v) is 11.2. The summed E-state index contributed by atoms with van der Waals surface area (Å²) < 4.78 is 27.8. The fourth-order valence-electron chi connectivity index (χ4n) is 6.90. The number of aryl methyl sites for hydroxylation is 1. The molecule has 3 aromatic carbocycles. The number of hydrogen-bond donors (Lipinski definition) is 0. The van der Waals surface area contributed by atoms with Crippen molar-refractivity contribution in [3.8, 4) is 11.5 Å². The normalized spacial score (nSPS) is 17.0. The van der Waals surface area contributed by atoms with E-state index in [1.165, 1.54) is 16.7 Å². The molecule has 2 heterocycles. The molecule has 0 N–H and O–H groups in total. The van der Waals surface area contributed by atoms with Gasteiger partial charge in [-0.05, 0) is 75.8 Å². The third-order valence-electron chi connectivity index (χ3n) is 10.1. The van der Waals surface area contributed by atoms with Crippen LogP contribution in [0.25, 0.3) is 33.4 Å². The van der Waals surface area contributed by atoms with E-state index in [4.69, 9.17) is 22.3 Å². The summed E-state index contributed by atoms with van der Waals surface area (Å²) in [4.78, 5) is 5.07. The molecule has 0 unspecified atom stereocenters. The number of benzene rings is 3. The predicted octanol–water partition coefficient (Wildman–Crippen LogP) is 13.6. The van der Waals surface area contributed by atoms with Gasteiger partial charge in [0.25, 0.3) is 0 Å². The highest BCUT2D eigenvalue weighted by molar-refractivity contribution is 7.31. The molecular weight excluding hydrogens is 637 g/mol. The third kappa shape index (κ3) is 7.24. The van der Waals surface area contributed by atoms with Crippen LogP contribution >= 0.6 is 8.24 Å². The van der Waals surface area contributed by atoms with E-state index in [9.17, 15) is 0 Å². The molecule has 6 heteroatoms. The van der Waals surface area contributed by atoms with Gasteiger partial charge in [0.1, 0.15) is 28.7 Å². The maximum absolute atomic E-state index is 7.11. The Hall–Kier alpha value is -3.27. The maximum Gasteiger partial charge on any atom is 0.388 e. The smallest absolute Gasteiger partial charge is 0.388 e. The van der Waals surface area contributed by atoms with Gasteiger partial charge in [-0.2, -0.15) is 0 Å². The van der Waals surface area contributed by atoms with Gasteiger partial charge in [-0.25, -0.2) is 4.98 Å². The Morgan fingerprint density at radius 3 is 1.62 bits per heavy atom. The van der Waals surface area contributed by atoms with E-state index in [1.807, 2.05) is 0 Å². The quantitative estimate of drug-likeness (QED) is 0.188. The largest absolute Gasteiger partial charge is 0.441 e. The minimum Gasteiger partial charge on any atom is -0.441 e. The van der Waals surface area contributed by atoms with E-state index in [0.29, 0.717) is 5.89 Å². The Morgan fingerprint density at radius 2 is 1.18 bits per heavy atom. The zero-order valence-corrected chi connectivity index (χ0v) is 34.0. The average molecular weight is 696 g/mol. The van der Waals surface area contributed by atoms with Gasteiger partial charge in [0, 0.05) is 33.9 Å². The molecule has 5 nitrogen and oxygen atoms in total. The summed E-state index contributed by atoms with van der Waals surface area (Å²) in [5.41, 5.74) is 8.96. The van der Waals surface area contributed by atoms with Crippen molar-refractivity contribution < 1.29 is 17.3 Å². The fourth-order valence-corrected chi connectivity index (χ4v) is 8.10. The minimum atomic E-state index is -1.89. The second-order valence-electron chi connectivity index (χ2n) is 19.5. The van der Waals surface area contributed by atoms with Crippen molar-refractivity contribution in [2.24, 2.45) is 5.41 Å². The summed E-state index contributed by atoms with van der Waals surface area (Å²) in [6.07, 6.45) is 1.21. The van der Waals surface area contributed by atoms with Crippen molar-refractivity contribution in [3.63, 3.8) is 0 Å². The van der Waals surface area contributed by atoms with Gasteiger partial charge in [-0.3, -0.25) is 4.52 Å². The topological polar surface area (TPSA) is 61.5 Å². The molecule has 0 aliphatic heterocycles. The molecule has 0 amide bonds. The minimum absolute atomic E-state index is 0.0604. The van der Waals surface area contributed by atoms with E-state index < -0.39 is 8.24 Å². The molecule has 1 aliphatic carbocycles. The molecule has 0 fully saturated rings. The summed E-state index contributed by atoms with van der Waals surface area (Å²) in [5, 5.41) is 2.13. The lowest BCUT2D eigenvalue weighted by atomic mass is 9.77. The molecule has 5 aromatic rings. The summed E-state index contributed by atoms with van der Waals surface area (Å²) in [6.45, 7) is 33.9. The highest BCUT2D eigenvalue weighted by Crippen LogP contribution is 2.49. The van der Waals surface area contributed by atoms with Crippen LogP contribution < -0.4 is 4.52 Å². The first-order valence-electron chi connectivity index (χ1n) is 18.2. The number of rotatable bonds is 3. The van der Waals surface area contributed by atoms with Gasteiger partial charge in [0.05, 0.1) is 0 Å². The highest BCUT2D eigenvalue weighted by atomic mass is 31.1. The number of fused-ring (bicyclic) bond motifs is 4. The molecule has 0 saturated heterocycles. The van der Waals surface area contributed by atoms with Crippen molar-refractivity contribution in [1.29, 1.82) is 0 Å². The fraction of sp³-hybridized carbons (Fsp3) is 0.523. The van der Waals surface area contributed by atoms with Crippen LogP contribution in [0, 0.1) is 12.3 Å². The summed E-state index contributed by atoms with van der Waals surface area (Å²) in [7, 11) is -1.89. The van der Waals surface area contributed by atoms with Crippen LogP contribution in [-0.4, -0.2) is 4.98 Å². The SMILES string of the molecule is Cc1ccc(-c2nc3c(o2)CC(C)(C)C[C@@H]3Op2oc3c(C(C)(C)C)cc(C(C)(C)C)cc3c3cc(C(C)(C)C)cc(C(C)(C)C)c3o2)cc1. The monoisotopic (exact) mass is 695 g/mol. The van der Waals surface area contributed by atoms with Gasteiger partial charge < -0.3 is 12.8 Å². The second-order valence-corrected chi connectivity index (χ2v) is 20.6. The van der Waals surface area contributed by atoms with Crippen LogP contribution in [0.3, 0.4) is 0 Å². The Morgan fingerprint density at radius 1 is 0.700 bits per heavy atom. The lowest BCUT2D eigenvalue weighted by Gasteiger charge is -2.32. The molecule has 0 radical (unpaired) electrons. The lowest BCUT2D eigenvalue weighted by Crippen LogP contribution is -2.27. The molecule has 0 bridgehead atoms. The summed E-state index contributed by atoms with van der Waals surface area (Å²) in [5.74, 6) is 1.50. The number of oxazole rings is 1. The number of nitrogens with zero attached hydrogens (tertiary/aromatic N) is 1. The predicted molar refractivity (Wildman–Crippen MR) is 209 cm³/mol. The zero-order chi connectivity index (χ0) is 36.8. The first-order chi connectivity index (χ1) is 22.9. The van der Waals surface area contributed by atoms with Crippen LogP contribution in [0.2, 0.25) is 0 Å². The van der Waals surface area contributed by atoms with Crippen molar-refractivity contribution >= 4 is 30.2 Å². The lowest BCUT2D eigenvalue weighted by molar-refractivity contribution is 0.144. The molecule has 1 aliphatic rings. The Bertz CT molecular complexity index is 2010. The van der Waals surface area contributed by atoms with Crippen molar-refractivity contribution in [2.45, 2.75) is 144 Å². The van der Waals surface area contributed by atoms with E-state index in [-0.39, 0.29) is 33.2 Å². The van der Waals surface area contributed by atoms with Crippen LogP contribution in [0.5, 0.6) is 0 Å². The summed E-state index contributed by atoms with van der Waals surface area (Å²) in [6, 6.07) is 17.7. The van der Waals surface area contributed by atoms with Gasteiger partial charge in [0.15, 0.2) is 0 Å². The summed E-state index contributed by atoms with van der Waals surface area (Å²) >= 11 is 0. The molecule has 6 rings (SSSR count). The van der Waals surface area contributed by atoms with Crippen LogP contribution in [0.4, 0.5) is 0 Å². The van der Waals surface area contributed by atoms with Gasteiger partial charge >= 0.3 is 8.24 Å². The Kier molecular flexibility index (Phi) is 8.88. The van der Waals surface area contributed by atoms with E-state index in [1.54, 1.807) is 0 Å². The first kappa shape index (κ1) is 36.5. The molecule has 1 atom stereocenters. The highest BCUT2D eigenvalue weighted by Gasteiger charge is 2.39. The van der Waals surface area contributed by atoms with E-state index >= 15 is 0 Å². The van der Waals surface area contributed by atoms with Crippen molar-refractivity contribution in [2.75, 3.05) is 0 Å². The van der Waals surface area contributed by atoms with E-state index in [0.717, 1.165) is 62.9 Å². The van der Waals surface area contributed by atoms with Gasteiger partial charge in [-0.15, -0.1) is 0 Å².